The molecule has 1 aliphatic rings. The average molecular weight is 405 g/mol. The summed E-state index contributed by atoms with van der Waals surface area (Å²) in [5.74, 6) is -0.0271. The minimum absolute atomic E-state index is 0.191. The molecule has 3 atom stereocenters. The molecule has 1 heterocycles. The number of hydroxylamine groups is 1. The van der Waals surface area contributed by atoms with Gasteiger partial charge in [0.05, 0.1) is 20.6 Å². The lowest BCUT2D eigenvalue weighted by molar-refractivity contribution is -0.137. The number of benzene rings is 2. The molecule has 0 aliphatic carbocycles. The van der Waals surface area contributed by atoms with Gasteiger partial charge < -0.3 is 19.8 Å². The van der Waals surface area contributed by atoms with E-state index in [0.717, 1.165) is 10.4 Å². The number of rotatable bonds is 6. The summed E-state index contributed by atoms with van der Waals surface area (Å²) < 4.78 is 24.4. The van der Waals surface area contributed by atoms with Crippen LogP contribution in [0.4, 0.5) is 0 Å². The van der Waals surface area contributed by atoms with E-state index in [1.54, 1.807) is 43.5 Å². The van der Waals surface area contributed by atoms with Crippen LogP contribution in [0.2, 0.25) is 0 Å². The molecule has 7 nitrogen and oxygen atoms in total. The highest BCUT2D eigenvalue weighted by Crippen LogP contribution is 2.61. The molecule has 3 rings (SSSR count). The number of methoxy groups -OCH3 is 2. The molecule has 1 fully saturated rings. The van der Waals surface area contributed by atoms with Crippen molar-refractivity contribution in [3.8, 4) is 11.5 Å². The number of aliphatic carboxylic acids is 1. The highest BCUT2D eigenvalue weighted by atomic mass is 31.2. The average Bonchev–Trinajstić information content (AvgIpc) is 2.71. The van der Waals surface area contributed by atoms with Gasteiger partial charge in [-0.05, 0) is 54.3 Å². The molecule has 1 aliphatic heterocycles. The van der Waals surface area contributed by atoms with Crippen LogP contribution in [-0.4, -0.2) is 47.5 Å². The fraction of sp³-hybridized carbons (Fsp3) is 0.350. The maximum Gasteiger partial charge on any atom is 0.304 e. The SMILES string of the molecule is COc1ccc(C2CCN(O)P(=O)(c3ccc(OC)cc3)C2CC(=O)O)cc1. The van der Waals surface area contributed by atoms with Crippen LogP contribution in [0.25, 0.3) is 0 Å². The molecule has 2 N–H and O–H groups in total. The van der Waals surface area contributed by atoms with Crippen LogP contribution >= 0.6 is 7.29 Å². The van der Waals surface area contributed by atoms with Crippen LogP contribution in [0.15, 0.2) is 48.5 Å². The summed E-state index contributed by atoms with van der Waals surface area (Å²) in [7, 11) is -0.466. The van der Waals surface area contributed by atoms with Gasteiger partial charge in [-0.1, -0.05) is 12.1 Å². The molecule has 3 unspecified atom stereocenters. The zero-order valence-electron chi connectivity index (χ0n) is 15.8. The molecule has 0 spiro atoms. The Balaban J connectivity index is 2.06. The minimum Gasteiger partial charge on any atom is -0.497 e. The minimum atomic E-state index is -3.57. The predicted octanol–water partition coefficient (Wildman–Crippen LogP) is 3.33. The van der Waals surface area contributed by atoms with E-state index >= 15 is 0 Å². The van der Waals surface area contributed by atoms with E-state index in [-0.39, 0.29) is 18.9 Å². The third-order valence-corrected chi connectivity index (χ3v) is 8.63. The van der Waals surface area contributed by atoms with Crippen LogP contribution in [-0.2, 0) is 9.36 Å². The van der Waals surface area contributed by atoms with Gasteiger partial charge in [-0.3, -0.25) is 9.36 Å². The zero-order valence-corrected chi connectivity index (χ0v) is 16.7. The number of hydrogen-bond acceptors (Lipinski definition) is 5. The van der Waals surface area contributed by atoms with Gasteiger partial charge in [-0.25, -0.2) is 0 Å². The monoisotopic (exact) mass is 405 g/mol. The summed E-state index contributed by atoms with van der Waals surface area (Å²) in [6.45, 7) is 0.191. The van der Waals surface area contributed by atoms with E-state index in [4.69, 9.17) is 9.47 Å². The standard InChI is InChI=1S/C20H24NO6P/c1-26-15-5-3-14(4-6-15)18-11-12-21(24)28(25,19(18)13-20(22)23)17-9-7-16(27-2)8-10-17/h3-10,18-19,24H,11-13H2,1-2H3,(H,22,23). The molecule has 1 saturated heterocycles. The Morgan fingerprint density at radius 3 is 2.11 bits per heavy atom. The highest BCUT2D eigenvalue weighted by Gasteiger charge is 2.49. The maximum absolute atomic E-state index is 14.1. The molecule has 0 radical (unpaired) electrons. The summed E-state index contributed by atoms with van der Waals surface area (Å²) >= 11 is 0. The Hall–Kier alpha value is -2.34. The number of ether oxygens (including phenoxy) is 2. The Labute approximate surface area is 163 Å². The molecule has 150 valence electrons. The fourth-order valence-corrected chi connectivity index (χ4v) is 7.01. The number of hydrogen-bond donors (Lipinski definition) is 2. The van der Waals surface area contributed by atoms with E-state index < -0.39 is 18.9 Å². The highest BCUT2D eigenvalue weighted by molar-refractivity contribution is 7.70. The lowest BCUT2D eigenvalue weighted by Gasteiger charge is -2.42. The van der Waals surface area contributed by atoms with Crippen molar-refractivity contribution >= 4 is 18.6 Å². The van der Waals surface area contributed by atoms with Gasteiger partial charge in [0.25, 0.3) is 0 Å². The third kappa shape index (κ3) is 3.78. The Kier molecular flexibility index (Phi) is 6.08. The van der Waals surface area contributed by atoms with Crippen molar-refractivity contribution in [2.24, 2.45) is 0 Å². The Bertz CT molecular complexity index is 867. The van der Waals surface area contributed by atoms with Crippen molar-refractivity contribution in [3.05, 3.63) is 54.1 Å². The molecule has 28 heavy (non-hydrogen) atoms. The van der Waals surface area contributed by atoms with Gasteiger partial charge >= 0.3 is 5.97 Å². The van der Waals surface area contributed by atoms with Crippen molar-refractivity contribution < 1.29 is 29.1 Å². The van der Waals surface area contributed by atoms with Crippen molar-refractivity contribution in [2.75, 3.05) is 20.8 Å². The van der Waals surface area contributed by atoms with Crippen LogP contribution < -0.4 is 14.8 Å². The van der Waals surface area contributed by atoms with Gasteiger partial charge in [-0.2, -0.15) is 0 Å². The second kappa shape index (κ2) is 8.35. The van der Waals surface area contributed by atoms with Crippen LogP contribution in [0.5, 0.6) is 11.5 Å². The summed E-state index contributed by atoms with van der Waals surface area (Å²) in [4.78, 5) is 12.5. The third-order valence-electron chi connectivity index (χ3n) is 5.27. The van der Waals surface area contributed by atoms with Crippen LogP contribution in [0.3, 0.4) is 0 Å². The lowest BCUT2D eigenvalue weighted by atomic mass is 9.90. The van der Waals surface area contributed by atoms with Crippen molar-refractivity contribution in [3.63, 3.8) is 0 Å². The summed E-state index contributed by atoms with van der Waals surface area (Å²) in [5, 5.41) is 20.5. The second-order valence-corrected chi connectivity index (χ2v) is 9.64. The predicted molar refractivity (Wildman–Crippen MR) is 105 cm³/mol. The first-order chi connectivity index (χ1) is 13.4. The molecule has 0 aromatic heterocycles. The smallest absolute Gasteiger partial charge is 0.304 e. The van der Waals surface area contributed by atoms with Gasteiger partial charge in [-0.15, -0.1) is 4.83 Å². The van der Waals surface area contributed by atoms with Crippen molar-refractivity contribution in [2.45, 2.75) is 24.4 Å². The summed E-state index contributed by atoms with van der Waals surface area (Å²) in [6, 6.07) is 13.9. The van der Waals surface area contributed by atoms with Gasteiger partial charge in [0.15, 0.2) is 0 Å². The van der Waals surface area contributed by atoms with E-state index in [2.05, 4.69) is 0 Å². The molecular formula is C20H24NO6P. The number of nitrogens with zero attached hydrogens (tertiary/aromatic N) is 1. The molecular weight excluding hydrogens is 381 g/mol. The summed E-state index contributed by atoms with van der Waals surface area (Å²) in [5.41, 5.74) is 0.124. The molecule has 0 amide bonds. The van der Waals surface area contributed by atoms with Gasteiger partial charge in [0.2, 0.25) is 7.29 Å². The topological polar surface area (TPSA) is 96.3 Å². The first-order valence-electron chi connectivity index (χ1n) is 8.97. The van der Waals surface area contributed by atoms with E-state index in [0.29, 0.717) is 23.2 Å². The second-order valence-electron chi connectivity index (χ2n) is 6.75. The molecule has 0 bridgehead atoms. The number of carboxylic acids is 1. The maximum atomic E-state index is 14.1. The number of carboxylic acid groups (broad SMARTS) is 1. The number of carbonyl (C=O) groups is 1. The fourth-order valence-electron chi connectivity index (χ4n) is 3.82. The van der Waals surface area contributed by atoms with Crippen LogP contribution in [0.1, 0.15) is 24.3 Å². The lowest BCUT2D eigenvalue weighted by Crippen LogP contribution is -2.41. The largest absolute Gasteiger partial charge is 0.497 e. The quantitative estimate of drug-likeness (QED) is 0.712. The molecule has 0 saturated carbocycles. The summed E-state index contributed by atoms with van der Waals surface area (Å²) in [6.07, 6.45) is 0.192. The van der Waals surface area contributed by atoms with E-state index in [1.165, 1.54) is 7.11 Å². The van der Waals surface area contributed by atoms with Crippen molar-refractivity contribution in [1.29, 1.82) is 0 Å². The Morgan fingerprint density at radius 2 is 1.61 bits per heavy atom. The van der Waals surface area contributed by atoms with E-state index in [9.17, 15) is 19.7 Å². The molecule has 2 aromatic carbocycles. The first kappa shape index (κ1) is 20.4. The molecule has 8 heteroatoms. The first-order valence-corrected chi connectivity index (χ1v) is 10.7. The molecule has 2 aromatic rings. The van der Waals surface area contributed by atoms with Gasteiger partial charge in [0.1, 0.15) is 11.5 Å². The zero-order chi connectivity index (χ0) is 20.3. The van der Waals surface area contributed by atoms with E-state index in [1.807, 2.05) is 12.1 Å². The van der Waals surface area contributed by atoms with Crippen LogP contribution in [0, 0.1) is 0 Å². The van der Waals surface area contributed by atoms with Crippen molar-refractivity contribution in [1.82, 2.24) is 4.83 Å². The normalized spacial score (nSPS) is 25.2. The van der Waals surface area contributed by atoms with Gasteiger partial charge in [0, 0.05) is 17.5 Å². The Morgan fingerprint density at radius 1 is 1.07 bits per heavy atom.